The van der Waals surface area contributed by atoms with Crippen LogP contribution in [0.2, 0.25) is 0 Å². The summed E-state index contributed by atoms with van der Waals surface area (Å²) in [4.78, 5) is 38.2. The number of nitrogens with one attached hydrogen (secondary N) is 2. The third-order valence-electron chi connectivity index (χ3n) is 5.55. The average Bonchev–Trinajstić information content (AvgIpc) is 3.07. The number of aromatic nitrogens is 3. The molecular weight excluding hydrogens is 378 g/mol. The zero-order valence-corrected chi connectivity index (χ0v) is 17.4. The fourth-order valence-corrected chi connectivity index (χ4v) is 3.52. The number of anilines is 1. The summed E-state index contributed by atoms with van der Waals surface area (Å²) in [6.45, 7) is 6.95. The van der Waals surface area contributed by atoms with E-state index in [2.05, 4.69) is 51.5 Å². The Labute approximate surface area is 175 Å². The molecule has 1 unspecified atom stereocenters. The molecule has 1 aliphatic rings. The summed E-state index contributed by atoms with van der Waals surface area (Å²) in [5.74, 6) is 1.20. The molecule has 0 spiro atoms. The van der Waals surface area contributed by atoms with E-state index in [-0.39, 0.29) is 17.5 Å². The minimum atomic E-state index is -0.284. The molecule has 0 aliphatic carbocycles. The highest BCUT2D eigenvalue weighted by molar-refractivity contribution is 5.86. The maximum absolute atomic E-state index is 12.8. The SMILES string of the molecule is Cc1ccc(CN2CCC(Nc3ccc(-c4nc(C)c(C)c(=O)[nH]4)cn3)C2=O)cc1. The van der Waals surface area contributed by atoms with Gasteiger partial charge in [-0.2, -0.15) is 0 Å². The maximum Gasteiger partial charge on any atom is 0.254 e. The summed E-state index contributed by atoms with van der Waals surface area (Å²) in [7, 11) is 0. The smallest absolute Gasteiger partial charge is 0.254 e. The van der Waals surface area contributed by atoms with Gasteiger partial charge in [-0.05, 0) is 44.9 Å². The minimum Gasteiger partial charge on any atom is -0.358 e. The Morgan fingerprint density at radius 3 is 2.53 bits per heavy atom. The van der Waals surface area contributed by atoms with Gasteiger partial charge in [0.15, 0.2) is 0 Å². The lowest BCUT2D eigenvalue weighted by Crippen LogP contribution is -2.33. The molecule has 1 atom stereocenters. The number of H-pyrrole nitrogens is 1. The summed E-state index contributed by atoms with van der Waals surface area (Å²) >= 11 is 0. The molecule has 7 nitrogen and oxygen atoms in total. The molecule has 0 saturated carbocycles. The highest BCUT2D eigenvalue weighted by Crippen LogP contribution is 2.20. The molecule has 1 amide bonds. The van der Waals surface area contributed by atoms with Gasteiger partial charge >= 0.3 is 0 Å². The standard InChI is InChI=1S/C23H25N5O2/c1-14-4-6-17(7-5-14)13-28-11-10-19(23(28)30)26-20-9-8-18(12-24-20)21-25-16(3)15(2)22(29)27-21/h4-9,12,19H,10-11,13H2,1-3H3,(H,24,26)(H,25,27,29). The van der Waals surface area contributed by atoms with Crippen molar-refractivity contribution in [2.24, 2.45) is 0 Å². The van der Waals surface area contributed by atoms with Gasteiger partial charge in [-0.1, -0.05) is 29.8 Å². The number of rotatable bonds is 5. The van der Waals surface area contributed by atoms with Crippen molar-refractivity contribution in [2.75, 3.05) is 11.9 Å². The Kier molecular flexibility index (Phi) is 5.35. The summed E-state index contributed by atoms with van der Waals surface area (Å²) in [6.07, 6.45) is 2.39. The van der Waals surface area contributed by atoms with Crippen LogP contribution in [0.5, 0.6) is 0 Å². The van der Waals surface area contributed by atoms with E-state index >= 15 is 0 Å². The van der Waals surface area contributed by atoms with Gasteiger partial charge in [0, 0.05) is 36.1 Å². The first-order valence-electron chi connectivity index (χ1n) is 10.1. The predicted molar refractivity (Wildman–Crippen MR) is 116 cm³/mol. The highest BCUT2D eigenvalue weighted by atomic mass is 16.2. The molecule has 1 aliphatic heterocycles. The molecule has 1 saturated heterocycles. The van der Waals surface area contributed by atoms with E-state index in [1.54, 1.807) is 19.2 Å². The number of nitrogens with zero attached hydrogens (tertiary/aromatic N) is 3. The summed E-state index contributed by atoms with van der Waals surface area (Å²) < 4.78 is 0. The minimum absolute atomic E-state index is 0.0848. The monoisotopic (exact) mass is 403 g/mol. The zero-order valence-electron chi connectivity index (χ0n) is 17.4. The Hall–Kier alpha value is -3.48. The molecule has 30 heavy (non-hydrogen) atoms. The van der Waals surface area contributed by atoms with Gasteiger partial charge < -0.3 is 15.2 Å². The first kappa shape index (κ1) is 19.8. The van der Waals surface area contributed by atoms with E-state index in [4.69, 9.17) is 0 Å². The van der Waals surface area contributed by atoms with E-state index in [0.717, 1.165) is 24.1 Å². The second-order valence-electron chi connectivity index (χ2n) is 7.79. The van der Waals surface area contributed by atoms with Crippen LogP contribution in [-0.4, -0.2) is 38.3 Å². The van der Waals surface area contributed by atoms with Gasteiger partial charge in [0.2, 0.25) is 5.91 Å². The normalized spacial score (nSPS) is 16.2. The number of pyridine rings is 1. The molecule has 2 N–H and O–H groups in total. The Bertz CT molecular complexity index is 1120. The van der Waals surface area contributed by atoms with E-state index in [1.165, 1.54) is 5.56 Å². The number of carbonyl (C=O) groups is 1. The maximum atomic E-state index is 12.8. The summed E-state index contributed by atoms with van der Waals surface area (Å²) in [6, 6.07) is 11.6. The van der Waals surface area contributed by atoms with E-state index in [9.17, 15) is 9.59 Å². The van der Waals surface area contributed by atoms with Crippen LogP contribution in [0.4, 0.5) is 5.82 Å². The van der Waals surface area contributed by atoms with Gasteiger partial charge in [-0.3, -0.25) is 9.59 Å². The molecular formula is C23H25N5O2. The number of likely N-dealkylation sites (tertiary alicyclic amines) is 1. The third kappa shape index (κ3) is 4.10. The highest BCUT2D eigenvalue weighted by Gasteiger charge is 2.31. The van der Waals surface area contributed by atoms with Gasteiger partial charge in [0.25, 0.3) is 5.56 Å². The van der Waals surface area contributed by atoms with Gasteiger partial charge in [-0.25, -0.2) is 9.97 Å². The number of hydrogen-bond acceptors (Lipinski definition) is 5. The van der Waals surface area contributed by atoms with Crippen molar-refractivity contribution in [3.8, 4) is 11.4 Å². The van der Waals surface area contributed by atoms with Crippen LogP contribution >= 0.6 is 0 Å². The van der Waals surface area contributed by atoms with Crippen LogP contribution in [-0.2, 0) is 11.3 Å². The summed E-state index contributed by atoms with van der Waals surface area (Å²) in [5.41, 5.74) is 4.22. The van der Waals surface area contributed by atoms with Crippen molar-refractivity contribution in [3.63, 3.8) is 0 Å². The van der Waals surface area contributed by atoms with Crippen LogP contribution in [0.1, 0.15) is 28.8 Å². The number of benzene rings is 1. The van der Waals surface area contributed by atoms with Crippen LogP contribution in [0.15, 0.2) is 47.4 Å². The number of aryl methyl sites for hydroxylation is 2. The van der Waals surface area contributed by atoms with Crippen molar-refractivity contribution >= 4 is 11.7 Å². The average molecular weight is 403 g/mol. The van der Waals surface area contributed by atoms with Crippen molar-refractivity contribution in [1.29, 1.82) is 0 Å². The molecule has 3 heterocycles. The van der Waals surface area contributed by atoms with Crippen LogP contribution in [0, 0.1) is 20.8 Å². The van der Waals surface area contributed by atoms with Gasteiger partial charge in [-0.15, -0.1) is 0 Å². The fourth-order valence-electron chi connectivity index (χ4n) is 3.52. The molecule has 1 aromatic carbocycles. The number of aromatic amines is 1. The van der Waals surface area contributed by atoms with E-state index in [1.807, 2.05) is 17.9 Å². The number of amides is 1. The second kappa shape index (κ2) is 8.10. The zero-order chi connectivity index (χ0) is 21.3. The molecule has 3 aromatic rings. The molecule has 154 valence electrons. The lowest BCUT2D eigenvalue weighted by molar-refractivity contribution is -0.128. The largest absolute Gasteiger partial charge is 0.358 e. The van der Waals surface area contributed by atoms with Crippen LogP contribution < -0.4 is 10.9 Å². The van der Waals surface area contributed by atoms with E-state index in [0.29, 0.717) is 29.4 Å². The van der Waals surface area contributed by atoms with Gasteiger partial charge in [0.05, 0.1) is 0 Å². The van der Waals surface area contributed by atoms with Crippen molar-refractivity contribution in [1.82, 2.24) is 19.9 Å². The lowest BCUT2D eigenvalue weighted by atomic mass is 10.1. The molecule has 1 fully saturated rings. The molecule has 4 rings (SSSR count). The Morgan fingerprint density at radius 2 is 1.87 bits per heavy atom. The third-order valence-corrected chi connectivity index (χ3v) is 5.55. The van der Waals surface area contributed by atoms with Crippen molar-refractivity contribution in [3.05, 3.63) is 75.3 Å². The lowest BCUT2D eigenvalue weighted by Gasteiger charge is -2.17. The summed E-state index contributed by atoms with van der Waals surface area (Å²) in [5, 5.41) is 3.23. The molecule has 7 heteroatoms. The van der Waals surface area contributed by atoms with Crippen LogP contribution in [0.25, 0.3) is 11.4 Å². The van der Waals surface area contributed by atoms with Crippen molar-refractivity contribution in [2.45, 2.75) is 39.8 Å². The van der Waals surface area contributed by atoms with Crippen molar-refractivity contribution < 1.29 is 4.79 Å². The Morgan fingerprint density at radius 1 is 1.10 bits per heavy atom. The molecule has 0 bridgehead atoms. The topological polar surface area (TPSA) is 91.0 Å². The van der Waals surface area contributed by atoms with Gasteiger partial charge in [0.1, 0.15) is 17.7 Å². The quantitative estimate of drug-likeness (QED) is 0.683. The number of hydrogen-bond donors (Lipinski definition) is 2. The van der Waals surface area contributed by atoms with Crippen LogP contribution in [0.3, 0.4) is 0 Å². The van der Waals surface area contributed by atoms with E-state index < -0.39 is 0 Å². The first-order chi connectivity index (χ1) is 14.4. The second-order valence-corrected chi connectivity index (χ2v) is 7.79. The first-order valence-corrected chi connectivity index (χ1v) is 10.1. The molecule has 2 aromatic heterocycles. The predicted octanol–water partition coefficient (Wildman–Crippen LogP) is 2.97. The number of carbonyl (C=O) groups excluding carboxylic acids is 1. The Balaban J connectivity index is 1.42. The fraction of sp³-hybridized carbons (Fsp3) is 0.304. The molecule has 0 radical (unpaired) electrons.